The number of rotatable bonds is 0. The van der Waals surface area contributed by atoms with E-state index in [0.717, 1.165) is 0 Å². The number of H-pyrrole nitrogens is 1. The van der Waals surface area contributed by atoms with Gasteiger partial charge in [-0.25, -0.2) is 0 Å². The zero-order valence-corrected chi connectivity index (χ0v) is 7.89. The monoisotopic (exact) mass is 193 g/mol. The van der Waals surface area contributed by atoms with Gasteiger partial charge in [0.1, 0.15) is 0 Å². The SMILES string of the molecule is [AsH2]c1cccc2cc[nH]c12. The molecule has 0 fully saturated rings. The van der Waals surface area contributed by atoms with Gasteiger partial charge >= 0.3 is 67.6 Å². The first-order valence-electron chi connectivity index (χ1n) is 3.19. The summed E-state index contributed by atoms with van der Waals surface area (Å²) in [6, 6.07) is 8.44. The van der Waals surface area contributed by atoms with Crippen LogP contribution in [0.25, 0.3) is 10.9 Å². The number of para-hydroxylation sites is 1. The van der Waals surface area contributed by atoms with Gasteiger partial charge in [0, 0.05) is 0 Å². The molecule has 1 atom stereocenters. The van der Waals surface area contributed by atoms with Crippen molar-refractivity contribution in [1.29, 1.82) is 0 Å². The Bertz CT molecular complexity index is 351. The van der Waals surface area contributed by atoms with Gasteiger partial charge in [0.05, 0.1) is 0 Å². The van der Waals surface area contributed by atoms with Gasteiger partial charge < -0.3 is 0 Å². The van der Waals surface area contributed by atoms with E-state index in [2.05, 4.69) is 29.2 Å². The number of hydrogen-bond donors (Lipinski definition) is 1. The zero-order chi connectivity index (χ0) is 6.97. The van der Waals surface area contributed by atoms with E-state index < -0.39 is 0 Å². The fourth-order valence-corrected chi connectivity index (χ4v) is 1.87. The fraction of sp³-hybridized carbons (Fsp3) is 0. The third-order valence-electron chi connectivity index (χ3n) is 1.62. The first kappa shape index (κ1) is 6.06. The molecule has 1 heterocycles. The topological polar surface area (TPSA) is 15.8 Å². The number of nitrogens with one attached hydrogen (secondary N) is 1. The molecule has 0 amide bonds. The molecule has 0 saturated carbocycles. The molecule has 0 aliphatic heterocycles. The average molecular weight is 193 g/mol. The molecule has 1 aromatic carbocycles. The molecule has 0 aliphatic carbocycles. The predicted molar refractivity (Wildman–Crippen MR) is 46.5 cm³/mol. The molecule has 0 bridgehead atoms. The summed E-state index contributed by atoms with van der Waals surface area (Å²) in [6.07, 6.45) is 1.98. The van der Waals surface area contributed by atoms with Crippen molar-refractivity contribution in [2.75, 3.05) is 0 Å². The Morgan fingerprint density at radius 2 is 2.10 bits per heavy atom. The number of aromatic nitrogens is 1. The van der Waals surface area contributed by atoms with Gasteiger partial charge in [0.15, 0.2) is 0 Å². The Labute approximate surface area is 67.9 Å². The average Bonchev–Trinajstić information content (AvgIpc) is 2.36. The van der Waals surface area contributed by atoms with Crippen LogP contribution in [0.3, 0.4) is 0 Å². The Kier molecular flexibility index (Phi) is 1.32. The molecule has 0 saturated heterocycles. The van der Waals surface area contributed by atoms with E-state index in [9.17, 15) is 0 Å². The maximum atomic E-state index is 3.20. The molecule has 0 aliphatic rings. The van der Waals surface area contributed by atoms with Gasteiger partial charge in [-0.05, 0) is 0 Å². The molecule has 50 valence electrons. The van der Waals surface area contributed by atoms with E-state index in [4.69, 9.17) is 0 Å². The summed E-state index contributed by atoms with van der Waals surface area (Å²) in [7, 11) is 0. The molecular weight excluding hydrogens is 185 g/mol. The van der Waals surface area contributed by atoms with E-state index in [1.807, 2.05) is 6.20 Å². The van der Waals surface area contributed by atoms with Crippen molar-refractivity contribution in [3.8, 4) is 0 Å². The summed E-state index contributed by atoms with van der Waals surface area (Å²) in [6.45, 7) is 0. The Balaban J connectivity index is 2.95. The van der Waals surface area contributed by atoms with Gasteiger partial charge in [0.2, 0.25) is 0 Å². The second kappa shape index (κ2) is 2.17. The molecule has 1 nitrogen and oxygen atoms in total. The normalized spacial score (nSPS) is 10.5. The second-order valence-electron chi connectivity index (χ2n) is 2.29. The van der Waals surface area contributed by atoms with Crippen LogP contribution in [0.4, 0.5) is 0 Å². The molecule has 2 heteroatoms. The number of fused-ring (bicyclic) bond motifs is 1. The first-order valence-corrected chi connectivity index (χ1v) is 4.40. The number of benzene rings is 1. The van der Waals surface area contributed by atoms with Gasteiger partial charge in [-0.3, -0.25) is 0 Å². The predicted octanol–water partition coefficient (Wildman–Crippen LogP) is 0.426. The van der Waals surface area contributed by atoms with Gasteiger partial charge in [-0.15, -0.1) is 0 Å². The van der Waals surface area contributed by atoms with E-state index in [0.29, 0.717) is 0 Å². The molecule has 0 spiro atoms. The number of hydrogen-bond acceptors (Lipinski definition) is 0. The summed E-state index contributed by atoms with van der Waals surface area (Å²) in [4.78, 5) is 3.20. The maximum absolute atomic E-state index is 3.20. The van der Waals surface area contributed by atoms with Crippen LogP contribution in [0, 0.1) is 0 Å². The van der Waals surface area contributed by atoms with E-state index in [1.54, 1.807) is 16.9 Å². The molecule has 2 aromatic rings. The van der Waals surface area contributed by atoms with Crippen LogP contribution in [0.2, 0.25) is 0 Å². The van der Waals surface area contributed by atoms with Crippen LogP contribution in [0.5, 0.6) is 0 Å². The van der Waals surface area contributed by atoms with Crippen molar-refractivity contribution in [2.24, 2.45) is 0 Å². The third kappa shape index (κ3) is 0.783. The van der Waals surface area contributed by atoms with Crippen LogP contribution >= 0.6 is 0 Å². The molecule has 2 rings (SSSR count). The molecule has 1 unspecified atom stereocenters. The first-order chi connectivity index (χ1) is 4.88. The minimum atomic E-state index is 1.28. The third-order valence-corrected chi connectivity index (χ3v) is 2.63. The molecule has 0 radical (unpaired) electrons. The molecule has 1 aromatic heterocycles. The quantitative estimate of drug-likeness (QED) is 0.584. The van der Waals surface area contributed by atoms with Crippen molar-refractivity contribution in [3.63, 3.8) is 0 Å². The van der Waals surface area contributed by atoms with Crippen molar-refractivity contribution < 1.29 is 0 Å². The van der Waals surface area contributed by atoms with Gasteiger partial charge in [-0.2, -0.15) is 0 Å². The van der Waals surface area contributed by atoms with Crippen LogP contribution in [-0.2, 0) is 0 Å². The van der Waals surface area contributed by atoms with Crippen molar-refractivity contribution >= 4 is 32.1 Å². The van der Waals surface area contributed by atoms with E-state index in [1.165, 1.54) is 15.3 Å². The fourth-order valence-electron chi connectivity index (χ4n) is 1.11. The van der Waals surface area contributed by atoms with Crippen LogP contribution in [0.1, 0.15) is 0 Å². The zero-order valence-electron chi connectivity index (χ0n) is 5.46. The van der Waals surface area contributed by atoms with Crippen LogP contribution < -0.4 is 4.35 Å². The summed E-state index contributed by atoms with van der Waals surface area (Å²) in [5.41, 5.74) is 1.28. The Morgan fingerprint density at radius 3 is 2.90 bits per heavy atom. The van der Waals surface area contributed by atoms with Gasteiger partial charge in [-0.1, -0.05) is 0 Å². The minimum absolute atomic E-state index is 1.28. The molecule has 10 heavy (non-hydrogen) atoms. The Hall–Kier alpha value is -0.682. The van der Waals surface area contributed by atoms with Crippen molar-refractivity contribution in [3.05, 3.63) is 30.5 Å². The number of aromatic amines is 1. The molecular formula is C8H8AsN. The summed E-state index contributed by atoms with van der Waals surface area (Å²) < 4.78 is 1.37. The Morgan fingerprint density at radius 1 is 1.20 bits per heavy atom. The van der Waals surface area contributed by atoms with Gasteiger partial charge in [0.25, 0.3) is 0 Å². The van der Waals surface area contributed by atoms with E-state index >= 15 is 0 Å². The van der Waals surface area contributed by atoms with Crippen LogP contribution in [0.15, 0.2) is 30.5 Å². The van der Waals surface area contributed by atoms with Crippen LogP contribution in [-0.4, -0.2) is 21.8 Å². The molecule has 1 N–H and O–H groups in total. The summed E-state index contributed by atoms with van der Waals surface area (Å²) in [5.74, 6) is 0. The summed E-state index contributed by atoms with van der Waals surface area (Å²) >= 11 is 1.67. The summed E-state index contributed by atoms with van der Waals surface area (Å²) in [5, 5.41) is 1.31. The van der Waals surface area contributed by atoms with Crippen molar-refractivity contribution in [2.45, 2.75) is 0 Å². The second-order valence-corrected chi connectivity index (χ2v) is 3.59. The van der Waals surface area contributed by atoms with E-state index in [-0.39, 0.29) is 0 Å². The van der Waals surface area contributed by atoms with Crippen molar-refractivity contribution in [1.82, 2.24) is 4.98 Å². The standard InChI is InChI=1S/C8H8AsN/c9-7-3-1-2-6-4-5-10-8(6)7/h1-5,10H,9H2.